The summed E-state index contributed by atoms with van der Waals surface area (Å²) in [5.74, 6) is 0.869. The maximum Gasteiger partial charge on any atom is 0.240 e. The average molecular weight is 389 g/mol. The summed E-state index contributed by atoms with van der Waals surface area (Å²) in [7, 11) is 0. The Labute approximate surface area is 163 Å². The number of hydrogen-bond donors (Lipinski definition) is 1. The molecule has 1 unspecified atom stereocenters. The summed E-state index contributed by atoms with van der Waals surface area (Å²) in [5, 5.41) is 13.3. The minimum atomic E-state index is -0.262. The van der Waals surface area contributed by atoms with Crippen LogP contribution in [-0.4, -0.2) is 34.5 Å². The van der Waals surface area contributed by atoms with Crippen molar-refractivity contribution in [3.63, 3.8) is 0 Å². The minimum Gasteiger partial charge on any atom is -0.341 e. The third-order valence-electron chi connectivity index (χ3n) is 4.81. The fourth-order valence-corrected chi connectivity index (χ4v) is 4.70. The number of hydrogen-bond acceptors (Lipinski definition) is 5. The summed E-state index contributed by atoms with van der Waals surface area (Å²) < 4.78 is 5.28. The second-order valence-corrected chi connectivity index (χ2v) is 8.42. The number of nitriles is 1. The topological polar surface area (TPSA) is 61.1 Å². The van der Waals surface area contributed by atoms with Crippen LogP contribution in [0.4, 0.5) is 0 Å². The van der Waals surface area contributed by atoms with Crippen LogP contribution in [0.15, 0.2) is 40.1 Å². The number of nitrogens with zero attached hydrogens (tertiary/aromatic N) is 3. The molecule has 0 spiro atoms. The number of thiophene rings is 1. The fraction of sp³-hybridized carbons (Fsp3) is 0.474. The van der Waals surface area contributed by atoms with Gasteiger partial charge >= 0.3 is 0 Å². The Morgan fingerprint density at radius 2 is 2.27 bits per heavy atom. The lowest BCUT2D eigenvalue weighted by Crippen LogP contribution is -2.47. The van der Waals surface area contributed by atoms with Crippen molar-refractivity contribution in [2.45, 2.75) is 43.7 Å². The molecule has 1 N–H and O–H groups in total. The standard InChI is InChI=1S/C19H24N4OS2/c1-15-4-9-23(10-5-15)19(24)18(21-26-17-7-12-25-14-17)6-11-22-8-2-3-16(22)13-20/h2-3,7-8,12,14-15,18,21H,4-6,9-11H2,1H3. The number of rotatable bonds is 7. The molecular formula is C19H24N4OS2. The van der Waals surface area contributed by atoms with Crippen molar-refractivity contribution < 1.29 is 4.79 Å². The molecule has 7 heteroatoms. The van der Waals surface area contributed by atoms with E-state index in [-0.39, 0.29) is 11.9 Å². The van der Waals surface area contributed by atoms with Crippen molar-refractivity contribution in [3.8, 4) is 6.07 Å². The van der Waals surface area contributed by atoms with Crippen LogP contribution in [0.5, 0.6) is 0 Å². The molecule has 2 aromatic heterocycles. The molecule has 1 saturated heterocycles. The highest BCUT2D eigenvalue weighted by Crippen LogP contribution is 2.21. The zero-order valence-electron chi connectivity index (χ0n) is 14.9. The quantitative estimate of drug-likeness (QED) is 0.734. The van der Waals surface area contributed by atoms with Gasteiger partial charge in [0.1, 0.15) is 11.8 Å². The first-order valence-electron chi connectivity index (χ1n) is 8.96. The number of amides is 1. The summed E-state index contributed by atoms with van der Waals surface area (Å²) in [6.07, 6.45) is 4.71. The number of aromatic nitrogens is 1. The van der Waals surface area contributed by atoms with Gasteiger partial charge < -0.3 is 9.47 Å². The highest BCUT2D eigenvalue weighted by atomic mass is 32.2. The maximum atomic E-state index is 13.1. The molecule has 1 fully saturated rings. The Morgan fingerprint density at radius 3 is 2.96 bits per heavy atom. The Bertz CT molecular complexity index is 742. The third kappa shape index (κ3) is 4.91. The van der Waals surface area contributed by atoms with Gasteiger partial charge in [-0.05, 0) is 60.7 Å². The molecule has 26 heavy (non-hydrogen) atoms. The molecule has 1 amide bonds. The molecule has 3 heterocycles. The van der Waals surface area contributed by atoms with Crippen LogP contribution in [-0.2, 0) is 11.3 Å². The van der Waals surface area contributed by atoms with Gasteiger partial charge in [0.05, 0.1) is 6.04 Å². The van der Waals surface area contributed by atoms with E-state index in [0.29, 0.717) is 24.6 Å². The SMILES string of the molecule is CC1CCN(C(=O)C(CCn2cccc2C#N)NSc2ccsc2)CC1. The molecule has 138 valence electrons. The van der Waals surface area contributed by atoms with E-state index >= 15 is 0 Å². The van der Waals surface area contributed by atoms with Crippen molar-refractivity contribution in [3.05, 3.63) is 40.8 Å². The maximum absolute atomic E-state index is 13.1. The Morgan fingerprint density at radius 1 is 1.46 bits per heavy atom. The second-order valence-electron chi connectivity index (χ2n) is 6.73. The Balaban J connectivity index is 1.64. The molecule has 1 aliphatic heterocycles. The van der Waals surface area contributed by atoms with Gasteiger partial charge in [-0.15, -0.1) is 0 Å². The number of carbonyl (C=O) groups is 1. The van der Waals surface area contributed by atoms with Gasteiger partial charge in [-0.3, -0.25) is 4.79 Å². The summed E-state index contributed by atoms with van der Waals surface area (Å²) in [4.78, 5) is 16.2. The largest absolute Gasteiger partial charge is 0.341 e. The molecule has 1 aliphatic rings. The number of nitrogens with one attached hydrogen (secondary N) is 1. The van der Waals surface area contributed by atoms with Gasteiger partial charge in [-0.1, -0.05) is 6.92 Å². The summed E-state index contributed by atoms with van der Waals surface area (Å²) in [6, 6.07) is 7.65. The van der Waals surface area contributed by atoms with E-state index in [1.165, 1.54) is 11.9 Å². The van der Waals surface area contributed by atoms with E-state index in [4.69, 9.17) is 0 Å². The molecule has 3 rings (SSSR count). The molecular weight excluding hydrogens is 364 g/mol. The summed E-state index contributed by atoms with van der Waals surface area (Å²) in [5.41, 5.74) is 0.633. The molecule has 0 radical (unpaired) electrons. The molecule has 2 aromatic rings. The van der Waals surface area contributed by atoms with Crippen molar-refractivity contribution in [2.75, 3.05) is 13.1 Å². The van der Waals surface area contributed by atoms with Gasteiger partial charge in [-0.25, -0.2) is 4.72 Å². The number of piperidine rings is 1. The molecule has 0 aromatic carbocycles. The smallest absolute Gasteiger partial charge is 0.240 e. The monoisotopic (exact) mass is 388 g/mol. The van der Waals surface area contributed by atoms with Crippen LogP contribution in [0.2, 0.25) is 0 Å². The zero-order valence-corrected chi connectivity index (χ0v) is 16.6. The first kappa shape index (κ1) is 19.0. The van der Waals surface area contributed by atoms with E-state index in [2.05, 4.69) is 23.1 Å². The normalized spacial score (nSPS) is 16.4. The van der Waals surface area contributed by atoms with Crippen LogP contribution in [0, 0.1) is 17.2 Å². The highest BCUT2D eigenvalue weighted by molar-refractivity contribution is 7.97. The predicted molar refractivity (Wildman–Crippen MR) is 106 cm³/mol. The van der Waals surface area contributed by atoms with E-state index < -0.39 is 0 Å². The predicted octanol–water partition coefficient (Wildman–Crippen LogP) is 3.74. The summed E-state index contributed by atoms with van der Waals surface area (Å²) in [6.45, 7) is 4.58. The molecule has 5 nitrogen and oxygen atoms in total. The van der Waals surface area contributed by atoms with Crippen LogP contribution >= 0.6 is 23.3 Å². The van der Waals surface area contributed by atoms with Gasteiger partial charge in [-0.2, -0.15) is 16.6 Å². The highest BCUT2D eigenvalue weighted by Gasteiger charge is 2.27. The molecule has 0 bridgehead atoms. The van der Waals surface area contributed by atoms with Crippen LogP contribution < -0.4 is 4.72 Å². The van der Waals surface area contributed by atoms with Crippen molar-refractivity contribution in [1.29, 1.82) is 5.26 Å². The number of likely N-dealkylation sites (tertiary alicyclic amines) is 1. The van der Waals surface area contributed by atoms with Gasteiger partial charge in [0.15, 0.2) is 0 Å². The second kappa shape index (κ2) is 9.26. The number of aryl methyl sites for hydroxylation is 1. The first-order valence-corrected chi connectivity index (χ1v) is 10.7. The lowest BCUT2D eigenvalue weighted by Gasteiger charge is -2.33. The lowest BCUT2D eigenvalue weighted by atomic mass is 9.98. The fourth-order valence-electron chi connectivity index (χ4n) is 3.11. The minimum absolute atomic E-state index is 0.172. The number of carbonyl (C=O) groups excluding carboxylic acids is 1. The third-order valence-corrected chi connectivity index (χ3v) is 6.53. The van der Waals surface area contributed by atoms with Crippen LogP contribution in [0.25, 0.3) is 0 Å². The Kier molecular flexibility index (Phi) is 6.78. The van der Waals surface area contributed by atoms with Crippen molar-refractivity contribution >= 4 is 29.2 Å². The molecule has 0 saturated carbocycles. The van der Waals surface area contributed by atoms with Crippen LogP contribution in [0.1, 0.15) is 31.9 Å². The van der Waals surface area contributed by atoms with Gasteiger partial charge in [0.2, 0.25) is 5.91 Å². The first-order chi connectivity index (χ1) is 12.7. The van der Waals surface area contributed by atoms with Crippen molar-refractivity contribution in [2.24, 2.45) is 5.92 Å². The van der Waals surface area contributed by atoms with E-state index in [9.17, 15) is 10.1 Å². The van der Waals surface area contributed by atoms with Gasteiger partial charge in [0, 0.05) is 36.1 Å². The van der Waals surface area contributed by atoms with Crippen LogP contribution in [0.3, 0.4) is 0 Å². The zero-order chi connectivity index (χ0) is 18.4. The van der Waals surface area contributed by atoms with E-state index in [0.717, 1.165) is 30.8 Å². The van der Waals surface area contributed by atoms with E-state index in [1.807, 2.05) is 33.2 Å². The lowest BCUT2D eigenvalue weighted by molar-refractivity contribution is -0.134. The molecule has 1 atom stereocenters. The van der Waals surface area contributed by atoms with Gasteiger partial charge in [0.25, 0.3) is 0 Å². The summed E-state index contributed by atoms with van der Waals surface area (Å²) >= 11 is 3.16. The van der Waals surface area contributed by atoms with Crippen molar-refractivity contribution in [1.82, 2.24) is 14.2 Å². The average Bonchev–Trinajstić information content (AvgIpc) is 3.33. The van der Waals surface area contributed by atoms with E-state index in [1.54, 1.807) is 17.4 Å². The Hall–Kier alpha value is -1.75. The molecule has 0 aliphatic carbocycles.